The average molecular weight is 372 g/mol. The van der Waals surface area contributed by atoms with Gasteiger partial charge in [-0.1, -0.05) is 12.1 Å². The molecule has 2 heterocycles. The zero-order valence-electron chi connectivity index (χ0n) is 15.7. The molecular formula is C20H25FN4O2. The van der Waals surface area contributed by atoms with Gasteiger partial charge >= 0.3 is 0 Å². The Labute approximate surface area is 158 Å². The van der Waals surface area contributed by atoms with E-state index >= 15 is 0 Å². The number of amides is 1. The Morgan fingerprint density at radius 2 is 1.89 bits per heavy atom. The number of aryl methyl sites for hydroxylation is 2. The molecule has 0 saturated carbocycles. The number of nitrogens with zero attached hydrogens (tertiary/aromatic N) is 3. The van der Waals surface area contributed by atoms with Gasteiger partial charge in [0.25, 0.3) is 5.91 Å². The van der Waals surface area contributed by atoms with Crippen molar-refractivity contribution in [3.8, 4) is 0 Å². The van der Waals surface area contributed by atoms with Crippen LogP contribution in [0.25, 0.3) is 0 Å². The maximum atomic E-state index is 13.1. The van der Waals surface area contributed by atoms with Crippen molar-refractivity contribution in [3.63, 3.8) is 0 Å². The lowest BCUT2D eigenvalue weighted by Crippen LogP contribution is -2.57. The molecule has 1 saturated heterocycles. The third-order valence-corrected chi connectivity index (χ3v) is 4.72. The molecule has 1 aliphatic heterocycles. The third-order valence-electron chi connectivity index (χ3n) is 4.72. The van der Waals surface area contributed by atoms with Crippen LogP contribution in [0.4, 0.5) is 4.39 Å². The van der Waals surface area contributed by atoms with Gasteiger partial charge in [0.2, 0.25) is 0 Å². The number of piperidine rings is 1. The summed E-state index contributed by atoms with van der Waals surface area (Å²) in [6.45, 7) is 5.28. The van der Waals surface area contributed by atoms with Gasteiger partial charge in [0.05, 0.1) is 6.54 Å². The highest BCUT2D eigenvalue weighted by Gasteiger charge is 2.41. The molecule has 2 aromatic rings. The number of aromatic nitrogens is 2. The maximum absolute atomic E-state index is 13.1. The van der Waals surface area contributed by atoms with Crippen LogP contribution in [0, 0.1) is 19.7 Å². The Bertz CT molecular complexity index is 792. The number of hydrogen-bond donors (Lipinski definition) is 2. The molecule has 0 aliphatic carbocycles. The Morgan fingerprint density at radius 3 is 2.56 bits per heavy atom. The van der Waals surface area contributed by atoms with Gasteiger partial charge in [-0.25, -0.2) is 14.4 Å². The average Bonchev–Trinajstić information content (AvgIpc) is 2.60. The Balaban J connectivity index is 1.60. The van der Waals surface area contributed by atoms with Crippen LogP contribution >= 0.6 is 0 Å². The van der Waals surface area contributed by atoms with Gasteiger partial charge in [0.1, 0.15) is 11.6 Å². The van der Waals surface area contributed by atoms with Crippen molar-refractivity contribution in [3.05, 3.63) is 58.9 Å². The molecule has 0 radical (unpaired) electrons. The van der Waals surface area contributed by atoms with Crippen molar-refractivity contribution < 1.29 is 14.3 Å². The number of carbonyl (C=O) groups excluding carboxylic acids is 1. The third kappa shape index (κ3) is 4.87. The molecule has 27 heavy (non-hydrogen) atoms. The Kier molecular flexibility index (Phi) is 5.82. The summed E-state index contributed by atoms with van der Waals surface area (Å²) in [5, 5.41) is 14.0. The zero-order valence-corrected chi connectivity index (χ0v) is 15.7. The standard InChI is InChI=1S/C20H25FN4O2/c1-14-10-15(2)24-18(23-14)11-22-13-20(27)8-3-9-25(19(20)26)12-16-4-6-17(21)7-5-16/h4-7,10,22,27H,3,8-9,11-13H2,1-2H3/t20-/m0/s1. The van der Waals surface area contributed by atoms with E-state index in [1.807, 2.05) is 19.9 Å². The molecular weight excluding hydrogens is 347 g/mol. The molecule has 1 aromatic heterocycles. The van der Waals surface area contributed by atoms with Crippen LogP contribution in [0.5, 0.6) is 0 Å². The molecule has 1 atom stereocenters. The summed E-state index contributed by atoms with van der Waals surface area (Å²) < 4.78 is 13.1. The van der Waals surface area contributed by atoms with Crippen molar-refractivity contribution in [1.82, 2.24) is 20.2 Å². The number of rotatable bonds is 6. The van der Waals surface area contributed by atoms with E-state index in [-0.39, 0.29) is 18.3 Å². The van der Waals surface area contributed by atoms with Gasteiger partial charge in [-0.05, 0) is 50.5 Å². The summed E-state index contributed by atoms with van der Waals surface area (Å²) in [6.07, 6.45) is 1.12. The normalized spacial score (nSPS) is 20.1. The predicted molar refractivity (Wildman–Crippen MR) is 99.2 cm³/mol. The van der Waals surface area contributed by atoms with Gasteiger partial charge in [0, 0.05) is 31.0 Å². The molecule has 3 rings (SSSR count). The van der Waals surface area contributed by atoms with Crippen molar-refractivity contribution >= 4 is 5.91 Å². The van der Waals surface area contributed by atoms with Gasteiger partial charge in [0.15, 0.2) is 5.60 Å². The summed E-state index contributed by atoms with van der Waals surface area (Å²) in [4.78, 5) is 23.1. The number of carbonyl (C=O) groups is 1. The lowest BCUT2D eigenvalue weighted by molar-refractivity contribution is -0.157. The molecule has 2 N–H and O–H groups in total. The first-order valence-corrected chi connectivity index (χ1v) is 9.14. The first-order valence-electron chi connectivity index (χ1n) is 9.14. The fourth-order valence-corrected chi connectivity index (χ4v) is 3.45. The quantitative estimate of drug-likeness (QED) is 0.810. The van der Waals surface area contributed by atoms with E-state index < -0.39 is 5.60 Å². The molecule has 7 heteroatoms. The first-order chi connectivity index (χ1) is 12.9. The van der Waals surface area contributed by atoms with Crippen LogP contribution in [0.3, 0.4) is 0 Å². The number of nitrogens with one attached hydrogen (secondary N) is 1. The fourth-order valence-electron chi connectivity index (χ4n) is 3.45. The zero-order chi connectivity index (χ0) is 19.4. The van der Waals surface area contributed by atoms with Crippen LogP contribution < -0.4 is 5.32 Å². The van der Waals surface area contributed by atoms with E-state index in [1.54, 1.807) is 17.0 Å². The molecule has 6 nitrogen and oxygen atoms in total. The second kappa shape index (κ2) is 8.10. The maximum Gasteiger partial charge on any atom is 0.256 e. The van der Waals surface area contributed by atoms with E-state index in [1.165, 1.54) is 12.1 Å². The number of aliphatic hydroxyl groups is 1. The molecule has 1 aliphatic rings. The van der Waals surface area contributed by atoms with E-state index in [4.69, 9.17) is 0 Å². The summed E-state index contributed by atoms with van der Waals surface area (Å²) >= 11 is 0. The second-order valence-corrected chi connectivity index (χ2v) is 7.16. The van der Waals surface area contributed by atoms with Gasteiger partial charge in [-0.3, -0.25) is 4.79 Å². The number of benzene rings is 1. The minimum atomic E-state index is -1.45. The van der Waals surface area contributed by atoms with Crippen molar-refractivity contribution in [2.24, 2.45) is 0 Å². The molecule has 0 spiro atoms. The minimum Gasteiger partial charge on any atom is -0.379 e. The highest BCUT2D eigenvalue weighted by atomic mass is 19.1. The Hall–Kier alpha value is -2.38. The van der Waals surface area contributed by atoms with Crippen molar-refractivity contribution in [1.29, 1.82) is 0 Å². The van der Waals surface area contributed by atoms with E-state index in [2.05, 4.69) is 15.3 Å². The monoisotopic (exact) mass is 372 g/mol. The van der Waals surface area contributed by atoms with Crippen LogP contribution in [-0.2, 0) is 17.9 Å². The summed E-state index contributed by atoms with van der Waals surface area (Å²) in [7, 11) is 0. The molecule has 1 fully saturated rings. The topological polar surface area (TPSA) is 78.4 Å². The highest BCUT2D eigenvalue weighted by Crippen LogP contribution is 2.24. The lowest BCUT2D eigenvalue weighted by atomic mass is 9.91. The van der Waals surface area contributed by atoms with Crippen LogP contribution in [0.2, 0.25) is 0 Å². The fraction of sp³-hybridized carbons (Fsp3) is 0.450. The largest absolute Gasteiger partial charge is 0.379 e. The van der Waals surface area contributed by atoms with Gasteiger partial charge in [-0.15, -0.1) is 0 Å². The predicted octanol–water partition coefficient (Wildman–Crippen LogP) is 1.88. The number of likely N-dealkylation sites (tertiary alicyclic amines) is 1. The highest BCUT2D eigenvalue weighted by molar-refractivity contribution is 5.86. The van der Waals surface area contributed by atoms with Crippen LogP contribution in [0.15, 0.2) is 30.3 Å². The first kappa shape index (κ1) is 19.4. The number of halogens is 1. The summed E-state index contributed by atoms with van der Waals surface area (Å²) in [6, 6.07) is 7.97. The molecule has 0 bridgehead atoms. The molecule has 144 valence electrons. The van der Waals surface area contributed by atoms with Gasteiger partial charge in [-0.2, -0.15) is 0 Å². The summed E-state index contributed by atoms with van der Waals surface area (Å²) in [5.41, 5.74) is 1.16. The molecule has 1 aromatic carbocycles. The lowest BCUT2D eigenvalue weighted by Gasteiger charge is -2.38. The number of hydrogen-bond acceptors (Lipinski definition) is 5. The van der Waals surface area contributed by atoms with E-state index in [0.29, 0.717) is 38.3 Å². The van der Waals surface area contributed by atoms with Gasteiger partial charge < -0.3 is 15.3 Å². The Morgan fingerprint density at radius 1 is 1.22 bits per heavy atom. The minimum absolute atomic E-state index is 0.141. The van der Waals surface area contributed by atoms with Crippen LogP contribution in [-0.4, -0.2) is 44.6 Å². The van der Waals surface area contributed by atoms with Crippen molar-refractivity contribution in [2.75, 3.05) is 13.1 Å². The second-order valence-electron chi connectivity index (χ2n) is 7.16. The smallest absolute Gasteiger partial charge is 0.256 e. The van der Waals surface area contributed by atoms with Crippen molar-refractivity contribution in [2.45, 2.75) is 45.4 Å². The SMILES string of the molecule is Cc1cc(C)nc(CNC[C@@]2(O)CCCN(Cc3ccc(F)cc3)C2=O)n1. The van der Waals surface area contributed by atoms with E-state index in [9.17, 15) is 14.3 Å². The summed E-state index contributed by atoms with van der Waals surface area (Å²) in [5.74, 6) is 0.0347. The molecule has 1 amide bonds. The molecule has 0 unspecified atom stereocenters. The van der Waals surface area contributed by atoms with E-state index in [0.717, 1.165) is 17.0 Å². The van der Waals surface area contributed by atoms with Crippen LogP contribution in [0.1, 0.15) is 35.6 Å².